The van der Waals surface area contributed by atoms with Crippen molar-refractivity contribution in [1.29, 1.82) is 0 Å². The summed E-state index contributed by atoms with van der Waals surface area (Å²) in [5.41, 5.74) is 7.72. The van der Waals surface area contributed by atoms with Crippen LogP contribution < -0.4 is 11.2 Å². The highest BCUT2D eigenvalue weighted by Crippen LogP contribution is 2.27. The number of phenolic OH excluding ortho intramolecular Hbond substituents is 1. The van der Waals surface area contributed by atoms with Gasteiger partial charge in [-0.15, -0.1) is 0 Å². The highest BCUT2D eigenvalue weighted by atomic mass is 32.2. The Kier molecular flexibility index (Phi) is 3.60. The lowest BCUT2D eigenvalue weighted by Gasteiger charge is -2.09. The number of nitrogens with two attached hydrogens (primary N) is 1. The SMILES string of the molecule is Nc1ccc(S(=O)(=O)Cc2ccc3c(c2)B(O)OC3)c(O)c1. The van der Waals surface area contributed by atoms with E-state index in [-0.39, 0.29) is 22.1 Å². The second-order valence-corrected chi connectivity index (χ2v) is 7.14. The minimum absolute atomic E-state index is 0.168. The van der Waals surface area contributed by atoms with Gasteiger partial charge in [-0.1, -0.05) is 18.2 Å². The van der Waals surface area contributed by atoms with Crippen LogP contribution in [0, 0.1) is 0 Å². The Bertz CT molecular complexity index is 837. The summed E-state index contributed by atoms with van der Waals surface area (Å²) in [4.78, 5) is -0.168. The number of aromatic hydroxyl groups is 1. The summed E-state index contributed by atoms with van der Waals surface area (Å²) in [6.45, 7) is 0.308. The fourth-order valence-corrected chi connectivity index (χ4v) is 3.88. The van der Waals surface area contributed by atoms with Crippen molar-refractivity contribution in [2.75, 3.05) is 5.73 Å². The van der Waals surface area contributed by atoms with Crippen LogP contribution in [0.4, 0.5) is 5.69 Å². The molecule has 1 heterocycles. The maximum Gasteiger partial charge on any atom is 0.491 e. The summed E-state index contributed by atoms with van der Waals surface area (Å²) in [5.74, 6) is -0.658. The summed E-state index contributed by atoms with van der Waals surface area (Å²) in [6.07, 6.45) is 0. The van der Waals surface area contributed by atoms with Gasteiger partial charge in [0, 0.05) is 11.8 Å². The number of hydrogen-bond acceptors (Lipinski definition) is 6. The van der Waals surface area contributed by atoms with Crippen LogP contribution >= 0.6 is 0 Å². The van der Waals surface area contributed by atoms with Crippen molar-refractivity contribution >= 4 is 28.1 Å². The smallest absolute Gasteiger partial charge is 0.491 e. The lowest BCUT2D eigenvalue weighted by atomic mass is 9.79. The lowest BCUT2D eigenvalue weighted by molar-refractivity contribution is 0.275. The van der Waals surface area contributed by atoms with E-state index >= 15 is 0 Å². The predicted octanol–water partition coefficient (Wildman–Crippen LogP) is 0.166. The minimum atomic E-state index is -3.72. The molecule has 0 aromatic heterocycles. The topological polar surface area (TPSA) is 110 Å². The standard InChI is InChI=1S/C14H14BNO5S/c16-11-3-4-14(13(17)6-11)22(19,20)8-9-1-2-10-7-21-15(18)12(10)5-9/h1-6,17-18H,7-8,16H2. The number of sulfone groups is 1. The molecule has 1 aliphatic heterocycles. The number of hydrogen-bond donors (Lipinski definition) is 3. The monoisotopic (exact) mass is 319 g/mol. The van der Waals surface area contributed by atoms with Gasteiger partial charge in [-0.25, -0.2) is 8.42 Å². The van der Waals surface area contributed by atoms with E-state index in [0.717, 1.165) is 5.56 Å². The second-order valence-electron chi connectivity index (χ2n) is 5.18. The molecule has 0 amide bonds. The van der Waals surface area contributed by atoms with Crippen molar-refractivity contribution in [3.05, 3.63) is 47.5 Å². The maximum absolute atomic E-state index is 12.4. The predicted molar refractivity (Wildman–Crippen MR) is 82.2 cm³/mol. The van der Waals surface area contributed by atoms with E-state index < -0.39 is 17.0 Å². The lowest BCUT2D eigenvalue weighted by Crippen LogP contribution is -2.28. The normalized spacial score (nSPS) is 14.1. The molecule has 6 nitrogen and oxygen atoms in total. The summed E-state index contributed by atoms with van der Waals surface area (Å²) < 4.78 is 29.9. The Hall–Kier alpha value is -2.03. The van der Waals surface area contributed by atoms with Crippen molar-refractivity contribution in [2.24, 2.45) is 0 Å². The maximum atomic E-state index is 12.4. The third-order valence-electron chi connectivity index (χ3n) is 3.55. The Labute approximate surface area is 128 Å². The van der Waals surface area contributed by atoms with E-state index in [1.54, 1.807) is 18.2 Å². The molecule has 114 valence electrons. The van der Waals surface area contributed by atoms with Crippen LogP contribution in [-0.4, -0.2) is 25.7 Å². The molecular formula is C14H14BNO5S. The highest BCUT2D eigenvalue weighted by molar-refractivity contribution is 7.90. The van der Waals surface area contributed by atoms with E-state index in [1.165, 1.54) is 18.2 Å². The van der Waals surface area contributed by atoms with Crippen LogP contribution in [0.3, 0.4) is 0 Å². The third-order valence-corrected chi connectivity index (χ3v) is 5.28. The fraction of sp³-hybridized carbons (Fsp3) is 0.143. The first-order chi connectivity index (χ1) is 10.4. The van der Waals surface area contributed by atoms with Gasteiger partial charge < -0.3 is 20.5 Å². The quantitative estimate of drug-likeness (QED) is 0.549. The first kappa shape index (κ1) is 14.9. The highest BCUT2D eigenvalue weighted by Gasteiger charge is 2.28. The van der Waals surface area contributed by atoms with E-state index in [2.05, 4.69) is 0 Å². The van der Waals surface area contributed by atoms with Crippen LogP contribution in [-0.2, 0) is 26.9 Å². The molecule has 22 heavy (non-hydrogen) atoms. The van der Waals surface area contributed by atoms with Crippen LogP contribution in [0.2, 0.25) is 0 Å². The van der Waals surface area contributed by atoms with Crippen LogP contribution in [0.25, 0.3) is 0 Å². The molecule has 0 atom stereocenters. The molecule has 2 aromatic rings. The van der Waals surface area contributed by atoms with E-state index in [4.69, 9.17) is 10.4 Å². The zero-order valence-electron chi connectivity index (χ0n) is 11.6. The van der Waals surface area contributed by atoms with Crippen LogP contribution in [0.5, 0.6) is 5.75 Å². The molecule has 8 heteroatoms. The summed E-state index contributed by atoms with van der Waals surface area (Å²) in [6, 6.07) is 8.93. The van der Waals surface area contributed by atoms with Crippen molar-refractivity contribution in [1.82, 2.24) is 0 Å². The van der Waals surface area contributed by atoms with Gasteiger partial charge in [0.25, 0.3) is 0 Å². The Balaban J connectivity index is 1.93. The number of phenols is 1. The first-order valence-electron chi connectivity index (χ1n) is 6.59. The number of anilines is 1. The number of nitrogen functional groups attached to an aromatic ring is 1. The summed E-state index contributed by atoms with van der Waals surface area (Å²) >= 11 is 0. The van der Waals surface area contributed by atoms with Crippen molar-refractivity contribution in [2.45, 2.75) is 17.3 Å². The summed E-state index contributed by atoms with van der Waals surface area (Å²) in [5, 5.41) is 19.5. The van der Waals surface area contributed by atoms with Gasteiger partial charge in [-0.2, -0.15) is 0 Å². The summed E-state index contributed by atoms with van der Waals surface area (Å²) in [7, 11) is -4.75. The van der Waals surface area contributed by atoms with Crippen LogP contribution in [0.1, 0.15) is 11.1 Å². The molecule has 1 aliphatic rings. The molecule has 0 saturated carbocycles. The molecular weight excluding hydrogens is 305 g/mol. The molecule has 0 fully saturated rings. The molecule has 0 saturated heterocycles. The van der Waals surface area contributed by atoms with Gasteiger partial charge in [0.2, 0.25) is 0 Å². The van der Waals surface area contributed by atoms with Crippen LogP contribution in [0.15, 0.2) is 41.3 Å². The molecule has 0 aliphatic carbocycles. The fourth-order valence-electron chi connectivity index (χ4n) is 2.45. The molecule has 0 bridgehead atoms. The molecule has 4 N–H and O–H groups in total. The molecule has 0 unspecified atom stereocenters. The van der Waals surface area contributed by atoms with Gasteiger partial charge in [-0.3, -0.25) is 0 Å². The van der Waals surface area contributed by atoms with E-state index in [0.29, 0.717) is 17.6 Å². The third kappa shape index (κ3) is 2.68. The average molecular weight is 319 g/mol. The van der Waals surface area contributed by atoms with Crippen molar-refractivity contribution < 1.29 is 23.2 Å². The number of benzene rings is 2. The molecule has 2 aromatic carbocycles. The van der Waals surface area contributed by atoms with Gasteiger partial charge >= 0.3 is 7.12 Å². The van der Waals surface area contributed by atoms with Crippen molar-refractivity contribution in [3.63, 3.8) is 0 Å². The molecule has 3 rings (SSSR count). The van der Waals surface area contributed by atoms with E-state index in [1.807, 2.05) is 0 Å². The Morgan fingerprint density at radius 3 is 2.73 bits per heavy atom. The number of fused-ring (bicyclic) bond motifs is 1. The zero-order chi connectivity index (χ0) is 15.9. The first-order valence-corrected chi connectivity index (χ1v) is 8.25. The average Bonchev–Trinajstić information content (AvgIpc) is 2.79. The molecule has 0 spiro atoms. The van der Waals surface area contributed by atoms with Gasteiger partial charge in [-0.05, 0) is 28.7 Å². The van der Waals surface area contributed by atoms with Gasteiger partial charge in [0.05, 0.1) is 12.4 Å². The van der Waals surface area contributed by atoms with Gasteiger partial charge in [0.1, 0.15) is 10.6 Å². The van der Waals surface area contributed by atoms with Crippen molar-refractivity contribution in [3.8, 4) is 5.75 Å². The zero-order valence-corrected chi connectivity index (χ0v) is 12.4. The second kappa shape index (κ2) is 5.31. The Morgan fingerprint density at radius 1 is 1.23 bits per heavy atom. The number of rotatable bonds is 3. The minimum Gasteiger partial charge on any atom is -0.507 e. The molecule has 0 radical (unpaired) electrons. The van der Waals surface area contributed by atoms with Gasteiger partial charge in [0.15, 0.2) is 9.84 Å². The van der Waals surface area contributed by atoms with E-state index in [9.17, 15) is 18.5 Å². The Morgan fingerprint density at radius 2 is 2.00 bits per heavy atom. The largest absolute Gasteiger partial charge is 0.507 e.